The molecule has 14 heavy (non-hydrogen) atoms. The number of hydrogen-bond donors (Lipinski definition) is 0. The van der Waals surface area contributed by atoms with Crippen LogP contribution in [0.3, 0.4) is 0 Å². The lowest BCUT2D eigenvalue weighted by atomic mass is 10.1. The third-order valence-electron chi connectivity index (χ3n) is 1.92. The van der Waals surface area contributed by atoms with Gasteiger partial charge in [0.2, 0.25) is 0 Å². The van der Waals surface area contributed by atoms with Gasteiger partial charge >= 0.3 is 0 Å². The lowest BCUT2D eigenvalue weighted by Crippen LogP contribution is -1.94. The van der Waals surface area contributed by atoms with E-state index in [0.29, 0.717) is 10.0 Å². The van der Waals surface area contributed by atoms with Gasteiger partial charge in [0.1, 0.15) is 0 Å². The number of rotatable bonds is 2. The lowest BCUT2D eigenvalue weighted by molar-refractivity contribution is -0.385. The van der Waals surface area contributed by atoms with Crippen molar-refractivity contribution in [3.05, 3.63) is 37.8 Å². The van der Waals surface area contributed by atoms with Crippen LogP contribution in [0.1, 0.15) is 11.1 Å². The smallest absolute Gasteiger partial charge is 0.258 e. The van der Waals surface area contributed by atoms with Gasteiger partial charge in [0.15, 0.2) is 0 Å². The summed E-state index contributed by atoms with van der Waals surface area (Å²) in [6.07, 6.45) is 0.187. The molecular weight excluding hydrogens is 248 g/mol. The largest absolute Gasteiger partial charge is 0.270 e. The first-order chi connectivity index (χ1) is 6.56. The first-order valence-electron chi connectivity index (χ1n) is 3.86. The van der Waals surface area contributed by atoms with Gasteiger partial charge in [0, 0.05) is 16.6 Å². The van der Waals surface area contributed by atoms with Crippen molar-refractivity contribution in [3.63, 3.8) is 0 Å². The van der Waals surface area contributed by atoms with Crippen LogP contribution >= 0.6 is 15.9 Å². The van der Waals surface area contributed by atoms with Gasteiger partial charge in [-0.2, -0.15) is 5.26 Å². The van der Waals surface area contributed by atoms with Crippen LogP contribution < -0.4 is 0 Å². The Hall–Kier alpha value is -1.41. The van der Waals surface area contributed by atoms with E-state index in [9.17, 15) is 10.1 Å². The Morgan fingerprint density at radius 1 is 1.64 bits per heavy atom. The number of benzene rings is 1. The number of nitrogens with zero attached hydrogens (tertiary/aromatic N) is 2. The molecule has 4 nitrogen and oxygen atoms in total. The molecular formula is C9H7BrN2O2. The zero-order valence-electron chi connectivity index (χ0n) is 7.45. The average molecular weight is 255 g/mol. The fourth-order valence-corrected chi connectivity index (χ4v) is 1.58. The summed E-state index contributed by atoms with van der Waals surface area (Å²) in [5, 5.41) is 19.1. The van der Waals surface area contributed by atoms with Crippen molar-refractivity contribution in [2.24, 2.45) is 0 Å². The highest BCUT2D eigenvalue weighted by molar-refractivity contribution is 9.10. The summed E-state index contributed by atoms with van der Waals surface area (Å²) in [5.74, 6) is 0. The van der Waals surface area contributed by atoms with Gasteiger partial charge in [-0.05, 0) is 18.1 Å². The van der Waals surface area contributed by atoms with Gasteiger partial charge in [-0.3, -0.25) is 10.1 Å². The molecule has 1 aromatic rings. The molecule has 0 radical (unpaired) electrons. The van der Waals surface area contributed by atoms with Crippen LogP contribution in [0.4, 0.5) is 5.69 Å². The normalized spacial score (nSPS) is 9.50. The molecule has 0 amide bonds. The first-order valence-corrected chi connectivity index (χ1v) is 4.66. The maximum absolute atomic E-state index is 10.5. The summed E-state index contributed by atoms with van der Waals surface area (Å²) < 4.78 is 0.664. The van der Waals surface area contributed by atoms with E-state index in [1.807, 2.05) is 13.0 Å². The second kappa shape index (κ2) is 4.20. The summed E-state index contributed by atoms with van der Waals surface area (Å²) in [6.45, 7) is 1.82. The van der Waals surface area contributed by atoms with E-state index >= 15 is 0 Å². The van der Waals surface area contributed by atoms with Crippen molar-refractivity contribution in [3.8, 4) is 6.07 Å². The second-order valence-corrected chi connectivity index (χ2v) is 3.66. The molecule has 0 saturated carbocycles. The minimum absolute atomic E-state index is 0.00715. The highest BCUT2D eigenvalue weighted by Crippen LogP contribution is 2.26. The Labute approximate surface area is 89.4 Å². The minimum Gasteiger partial charge on any atom is -0.258 e. The van der Waals surface area contributed by atoms with Crippen molar-refractivity contribution in [2.75, 3.05) is 0 Å². The monoisotopic (exact) mass is 254 g/mol. The van der Waals surface area contributed by atoms with Crippen molar-refractivity contribution >= 4 is 21.6 Å². The number of hydrogen-bond acceptors (Lipinski definition) is 3. The van der Waals surface area contributed by atoms with Gasteiger partial charge in [-0.1, -0.05) is 15.9 Å². The summed E-state index contributed by atoms with van der Waals surface area (Å²) in [6, 6.07) is 4.85. The predicted octanol–water partition coefficient (Wildman–Crippen LogP) is 2.73. The number of nitriles is 1. The molecule has 0 aromatic heterocycles. The molecule has 1 aromatic carbocycles. The van der Waals surface area contributed by atoms with Crippen molar-refractivity contribution in [2.45, 2.75) is 13.3 Å². The van der Waals surface area contributed by atoms with E-state index in [1.165, 1.54) is 12.1 Å². The summed E-state index contributed by atoms with van der Waals surface area (Å²) >= 11 is 3.22. The van der Waals surface area contributed by atoms with E-state index in [4.69, 9.17) is 5.26 Å². The summed E-state index contributed by atoms with van der Waals surface area (Å²) in [7, 11) is 0. The van der Waals surface area contributed by atoms with E-state index in [2.05, 4.69) is 15.9 Å². The van der Waals surface area contributed by atoms with Crippen LogP contribution in [0.2, 0.25) is 0 Å². The molecule has 0 bridgehead atoms. The number of non-ortho nitro benzene ring substituents is 1. The van der Waals surface area contributed by atoms with Crippen LogP contribution in [0.15, 0.2) is 16.6 Å². The van der Waals surface area contributed by atoms with E-state index in [0.717, 1.165) is 5.56 Å². The van der Waals surface area contributed by atoms with Crippen molar-refractivity contribution in [1.82, 2.24) is 0 Å². The summed E-state index contributed by atoms with van der Waals surface area (Å²) in [5.41, 5.74) is 1.57. The standard InChI is InChI=1S/C9H7BrN2O2/c1-6-7(2-3-11)4-8(12(13)14)5-9(6)10/h4-5H,2H2,1H3. The number of halogens is 1. The molecule has 0 heterocycles. The Bertz CT molecular complexity index is 424. The van der Waals surface area contributed by atoms with Crippen LogP contribution in [0.25, 0.3) is 0 Å². The third kappa shape index (κ3) is 2.09. The highest BCUT2D eigenvalue weighted by Gasteiger charge is 2.11. The molecule has 0 aliphatic carbocycles. The van der Waals surface area contributed by atoms with Crippen molar-refractivity contribution in [1.29, 1.82) is 5.26 Å². The van der Waals surface area contributed by atoms with E-state index in [1.54, 1.807) is 0 Å². The molecule has 5 heteroatoms. The molecule has 1 rings (SSSR count). The molecule has 0 unspecified atom stereocenters. The molecule has 0 aliphatic rings. The lowest BCUT2D eigenvalue weighted by Gasteiger charge is -2.03. The zero-order chi connectivity index (χ0) is 10.7. The van der Waals surface area contributed by atoms with Gasteiger partial charge < -0.3 is 0 Å². The maximum Gasteiger partial charge on any atom is 0.270 e. The maximum atomic E-state index is 10.5. The molecule has 0 saturated heterocycles. The Morgan fingerprint density at radius 2 is 2.29 bits per heavy atom. The zero-order valence-corrected chi connectivity index (χ0v) is 9.04. The van der Waals surface area contributed by atoms with Gasteiger partial charge in [0.25, 0.3) is 5.69 Å². The topological polar surface area (TPSA) is 66.9 Å². The fraction of sp³-hybridized carbons (Fsp3) is 0.222. The fourth-order valence-electron chi connectivity index (χ4n) is 1.09. The van der Waals surface area contributed by atoms with Crippen LogP contribution in [0, 0.1) is 28.4 Å². The van der Waals surface area contributed by atoms with Crippen LogP contribution in [-0.2, 0) is 6.42 Å². The van der Waals surface area contributed by atoms with E-state index < -0.39 is 4.92 Å². The quantitative estimate of drug-likeness (QED) is 0.602. The van der Waals surface area contributed by atoms with Crippen LogP contribution in [-0.4, -0.2) is 4.92 Å². The molecule has 0 N–H and O–H groups in total. The number of nitro groups is 1. The SMILES string of the molecule is Cc1c(Br)cc([N+](=O)[O-])cc1CC#N. The van der Waals surface area contributed by atoms with Gasteiger partial charge in [-0.15, -0.1) is 0 Å². The third-order valence-corrected chi connectivity index (χ3v) is 2.74. The molecule has 0 aliphatic heterocycles. The predicted molar refractivity (Wildman–Crippen MR) is 54.9 cm³/mol. The summed E-state index contributed by atoms with van der Waals surface area (Å²) in [4.78, 5) is 10.1. The van der Waals surface area contributed by atoms with Gasteiger partial charge in [0.05, 0.1) is 17.4 Å². The molecule has 0 atom stereocenters. The Kier molecular flexibility index (Phi) is 3.20. The van der Waals surface area contributed by atoms with Gasteiger partial charge in [-0.25, -0.2) is 0 Å². The second-order valence-electron chi connectivity index (χ2n) is 2.80. The van der Waals surface area contributed by atoms with Crippen molar-refractivity contribution < 1.29 is 4.92 Å². The molecule has 0 fully saturated rings. The van der Waals surface area contributed by atoms with Crippen LogP contribution in [0.5, 0.6) is 0 Å². The molecule has 0 spiro atoms. The average Bonchev–Trinajstić information content (AvgIpc) is 2.12. The minimum atomic E-state index is -0.467. The Morgan fingerprint density at radius 3 is 2.79 bits per heavy atom. The number of nitro benzene ring substituents is 1. The highest BCUT2D eigenvalue weighted by atomic mass is 79.9. The Balaban J connectivity index is 3.29. The van der Waals surface area contributed by atoms with E-state index in [-0.39, 0.29) is 12.1 Å². The first kappa shape index (κ1) is 10.7. The molecule has 72 valence electrons.